The van der Waals surface area contributed by atoms with Gasteiger partial charge in [-0.15, -0.1) is 0 Å². The van der Waals surface area contributed by atoms with Crippen LogP contribution in [0.4, 0.5) is 0 Å². The van der Waals surface area contributed by atoms with Gasteiger partial charge in [-0.3, -0.25) is 0 Å². The average molecular weight is 175 g/mol. The van der Waals surface area contributed by atoms with Crippen LogP contribution in [0.15, 0.2) is 0 Å². The molecule has 0 amide bonds. The molecular weight excluding hydrogens is 165 g/mol. The smallest absolute Gasteiger partial charge is 0.415 e. The van der Waals surface area contributed by atoms with E-state index in [4.69, 9.17) is 11.5 Å². The van der Waals surface area contributed by atoms with E-state index < -0.39 is 0 Å². The molecule has 0 radical (unpaired) electrons. The molecule has 0 atom stereocenters. The van der Waals surface area contributed by atoms with Crippen LogP contribution in [-0.4, -0.2) is 17.4 Å². The standard InChI is InChI=1S/C2H8N2.CH3NS2.Na/c3-1-2-4;2-1(3)4;/h1-4H2;(H3,2,3,4);/q;;+1/p-1. The summed E-state index contributed by atoms with van der Waals surface area (Å²) in [6.45, 7) is 1.19. The quantitative estimate of drug-likeness (QED) is 0.213. The Balaban J connectivity index is -0.0000000720. The Bertz CT molecular complexity index is 55.0. The molecule has 0 fully saturated rings. The van der Waals surface area contributed by atoms with Gasteiger partial charge in [0.25, 0.3) is 0 Å². The van der Waals surface area contributed by atoms with Crippen molar-refractivity contribution in [2.24, 2.45) is 17.2 Å². The molecule has 6 N–H and O–H groups in total. The van der Waals surface area contributed by atoms with Crippen LogP contribution in [0.25, 0.3) is 0 Å². The van der Waals surface area contributed by atoms with E-state index in [9.17, 15) is 0 Å². The molecule has 0 bridgehead atoms. The van der Waals surface area contributed by atoms with Crippen LogP contribution in [0.1, 0.15) is 0 Å². The van der Waals surface area contributed by atoms with Gasteiger partial charge >= 0.3 is 29.6 Å². The monoisotopic (exact) mass is 175 g/mol. The molecule has 9 heavy (non-hydrogen) atoms. The van der Waals surface area contributed by atoms with E-state index in [0.717, 1.165) is 0 Å². The molecule has 0 saturated carbocycles. The van der Waals surface area contributed by atoms with E-state index in [1.165, 1.54) is 0 Å². The Morgan fingerprint density at radius 3 is 1.44 bits per heavy atom. The first-order valence-electron chi connectivity index (χ1n) is 2.01. The summed E-state index contributed by atoms with van der Waals surface area (Å²) in [6.07, 6.45) is 0. The molecule has 0 heterocycles. The van der Waals surface area contributed by atoms with Crippen molar-refractivity contribution in [1.29, 1.82) is 0 Å². The largest absolute Gasteiger partial charge is 1.00 e. The van der Waals surface area contributed by atoms with Crippen LogP contribution in [0.3, 0.4) is 0 Å². The van der Waals surface area contributed by atoms with E-state index in [1.54, 1.807) is 0 Å². The van der Waals surface area contributed by atoms with Crippen molar-refractivity contribution in [2.45, 2.75) is 0 Å². The molecule has 0 aromatic heterocycles. The third kappa shape index (κ3) is 108. The average Bonchev–Trinajstić information content (AvgIpc) is 1.65. The Morgan fingerprint density at radius 1 is 1.33 bits per heavy atom. The summed E-state index contributed by atoms with van der Waals surface area (Å²) in [4.78, 5) is 0. The predicted molar refractivity (Wildman–Crippen MR) is 42.3 cm³/mol. The Hall–Kier alpha value is 1.03. The fraction of sp³-hybridized carbons (Fsp3) is 0.667. The number of hydrogen-bond donors (Lipinski definition) is 3. The molecule has 50 valence electrons. The topological polar surface area (TPSA) is 78.1 Å². The first-order chi connectivity index (χ1) is 3.65. The van der Waals surface area contributed by atoms with Crippen molar-refractivity contribution in [3.8, 4) is 0 Å². The van der Waals surface area contributed by atoms with Gasteiger partial charge in [0.15, 0.2) is 0 Å². The maximum Gasteiger partial charge on any atom is 1.00 e. The van der Waals surface area contributed by atoms with Gasteiger partial charge in [0.2, 0.25) is 0 Å². The third-order valence-corrected chi connectivity index (χ3v) is 0.167. The van der Waals surface area contributed by atoms with Gasteiger partial charge in [0.1, 0.15) is 0 Å². The van der Waals surface area contributed by atoms with Gasteiger partial charge < -0.3 is 42.0 Å². The first-order valence-corrected chi connectivity index (χ1v) is 2.83. The number of thiocarbonyl (C=S) groups is 1. The van der Waals surface area contributed by atoms with Crippen molar-refractivity contribution in [2.75, 3.05) is 13.1 Å². The van der Waals surface area contributed by atoms with E-state index in [0.29, 0.717) is 13.1 Å². The fourth-order valence-electron chi connectivity index (χ4n) is 0. The Labute approximate surface area is 88.4 Å². The fourth-order valence-corrected chi connectivity index (χ4v) is 0. The molecule has 0 spiro atoms. The number of nitrogens with two attached hydrogens (primary N) is 3. The van der Waals surface area contributed by atoms with Gasteiger partial charge in [-0.05, 0) is 0 Å². The summed E-state index contributed by atoms with van der Waals surface area (Å²) in [7, 11) is 0. The molecule has 6 heteroatoms. The molecule has 0 aromatic rings. The third-order valence-electron chi connectivity index (χ3n) is 0.167. The molecule has 3 nitrogen and oxygen atoms in total. The molecule has 0 rings (SSSR count). The maximum atomic E-state index is 4.90. The van der Waals surface area contributed by atoms with E-state index in [1.807, 2.05) is 0 Å². The summed E-state index contributed by atoms with van der Waals surface area (Å²) >= 11 is 8.26. The minimum absolute atomic E-state index is 0. The second-order valence-corrected chi connectivity index (χ2v) is 2.03. The predicted octanol–water partition coefficient (Wildman–Crippen LogP) is -4.32. The van der Waals surface area contributed by atoms with Gasteiger partial charge in [-0.25, -0.2) is 0 Å². The maximum absolute atomic E-state index is 4.90. The van der Waals surface area contributed by atoms with Crippen molar-refractivity contribution in [3.63, 3.8) is 0 Å². The van der Waals surface area contributed by atoms with Crippen molar-refractivity contribution in [3.05, 3.63) is 0 Å². The second-order valence-electron chi connectivity index (χ2n) is 0.896. The zero-order valence-electron chi connectivity index (χ0n) is 5.46. The van der Waals surface area contributed by atoms with Gasteiger partial charge in [0, 0.05) is 13.1 Å². The van der Waals surface area contributed by atoms with Gasteiger partial charge in [0.05, 0.1) is 0 Å². The van der Waals surface area contributed by atoms with Crippen LogP contribution in [0.5, 0.6) is 0 Å². The molecule has 0 aliphatic carbocycles. The number of rotatable bonds is 1. The van der Waals surface area contributed by atoms with E-state index in [2.05, 4.69) is 30.6 Å². The van der Waals surface area contributed by atoms with Crippen molar-refractivity contribution >= 4 is 29.2 Å². The van der Waals surface area contributed by atoms with Crippen LogP contribution in [0, 0.1) is 0 Å². The second kappa shape index (κ2) is 16.0. The zero-order valence-corrected chi connectivity index (χ0v) is 9.10. The van der Waals surface area contributed by atoms with Crippen molar-refractivity contribution < 1.29 is 29.6 Å². The molecular formula is C3H10N3NaS2. The summed E-state index contributed by atoms with van der Waals surface area (Å²) in [5.74, 6) is 0. The SMILES string of the molecule is NC(=S)[S-].NCCN.[Na+]. The molecule has 0 saturated heterocycles. The Morgan fingerprint density at radius 2 is 1.44 bits per heavy atom. The summed E-state index contributed by atoms with van der Waals surface area (Å²) in [6, 6.07) is 0. The van der Waals surface area contributed by atoms with Gasteiger partial charge in [-0.2, -0.15) is 0 Å². The van der Waals surface area contributed by atoms with Crippen LogP contribution in [0.2, 0.25) is 0 Å². The molecule has 0 aromatic carbocycles. The van der Waals surface area contributed by atoms with Crippen LogP contribution in [-0.2, 0) is 12.6 Å². The molecule has 0 aliphatic heterocycles. The van der Waals surface area contributed by atoms with Gasteiger partial charge in [-0.1, -0.05) is 4.32 Å². The summed E-state index contributed by atoms with van der Waals surface area (Å²) < 4.78 is 0.0833. The van der Waals surface area contributed by atoms with Crippen molar-refractivity contribution in [1.82, 2.24) is 0 Å². The van der Waals surface area contributed by atoms with E-state index >= 15 is 0 Å². The van der Waals surface area contributed by atoms with Crippen LogP contribution < -0.4 is 46.8 Å². The number of hydrogen-bond acceptors (Lipinski definition) is 4. The molecule has 0 aliphatic rings. The normalized spacial score (nSPS) is 6.00. The Kier molecular flexibility index (Phi) is 29.4. The molecule has 0 unspecified atom stereocenters. The first kappa shape index (κ1) is 16.5. The minimum atomic E-state index is 0. The summed E-state index contributed by atoms with van der Waals surface area (Å²) in [5.41, 5.74) is 14.5. The zero-order chi connectivity index (χ0) is 6.99. The minimum Gasteiger partial charge on any atom is -0.415 e. The summed E-state index contributed by atoms with van der Waals surface area (Å²) in [5, 5.41) is 0. The van der Waals surface area contributed by atoms with Crippen LogP contribution >= 0.6 is 12.2 Å². The van der Waals surface area contributed by atoms with E-state index in [-0.39, 0.29) is 33.9 Å².